The van der Waals surface area contributed by atoms with Gasteiger partial charge in [0.05, 0.1) is 17.2 Å². The lowest BCUT2D eigenvalue weighted by Crippen LogP contribution is -2.56. The van der Waals surface area contributed by atoms with Crippen LogP contribution in [-0.2, 0) is 32.6 Å². The summed E-state index contributed by atoms with van der Waals surface area (Å²) in [6.07, 6.45) is 2.15. The molecule has 10 heteroatoms. The largest absolute Gasteiger partial charge is 0.492 e. The summed E-state index contributed by atoms with van der Waals surface area (Å²) in [7, 11) is -4.26. The molecule has 1 unspecified atom stereocenters. The Labute approximate surface area is 289 Å². The molecule has 1 atom stereocenters. The molecule has 0 aliphatic carbocycles. The third kappa shape index (κ3) is 9.64. The molecule has 0 heterocycles. The summed E-state index contributed by atoms with van der Waals surface area (Å²) in [5.74, 6) is -0.534. The van der Waals surface area contributed by atoms with Crippen LogP contribution in [0.25, 0.3) is 0 Å². The highest BCUT2D eigenvalue weighted by molar-refractivity contribution is 7.98. The zero-order valence-electron chi connectivity index (χ0n) is 28.5. The van der Waals surface area contributed by atoms with E-state index in [0.717, 1.165) is 25.9 Å². The zero-order valence-corrected chi connectivity index (χ0v) is 30.1. The lowest BCUT2D eigenvalue weighted by molar-refractivity contribution is -0.140. The van der Waals surface area contributed by atoms with Gasteiger partial charge in [0.1, 0.15) is 18.3 Å². The lowest BCUT2D eigenvalue weighted by atomic mass is 10.0. The van der Waals surface area contributed by atoms with E-state index in [1.807, 2.05) is 95.5 Å². The van der Waals surface area contributed by atoms with Gasteiger partial charge in [-0.2, -0.15) is 0 Å². The molecule has 8 nitrogen and oxygen atoms in total. The molecule has 0 aliphatic heterocycles. The number of hydrogen-bond acceptors (Lipinski definition) is 6. The maximum Gasteiger partial charge on any atom is 0.264 e. The summed E-state index contributed by atoms with van der Waals surface area (Å²) in [5, 5.41) is 3.06. The number of amides is 2. The van der Waals surface area contributed by atoms with Crippen LogP contribution in [0.1, 0.15) is 44.4 Å². The van der Waals surface area contributed by atoms with Crippen LogP contribution in [0.2, 0.25) is 0 Å². The highest BCUT2D eigenvalue weighted by atomic mass is 32.2. The molecule has 1 N–H and O–H groups in total. The molecule has 0 aromatic heterocycles. The van der Waals surface area contributed by atoms with E-state index in [1.54, 1.807) is 48.5 Å². The number of rotatable bonds is 14. The van der Waals surface area contributed by atoms with E-state index >= 15 is 0 Å². The fraction of sp³-hybridized carbons (Fsp3) is 0.316. The number of hydrogen-bond donors (Lipinski definition) is 1. The van der Waals surface area contributed by atoms with Crippen molar-refractivity contribution >= 4 is 39.3 Å². The van der Waals surface area contributed by atoms with Crippen molar-refractivity contribution in [2.75, 3.05) is 23.7 Å². The first-order valence-corrected chi connectivity index (χ1v) is 18.6. The number of benzene rings is 4. The van der Waals surface area contributed by atoms with Gasteiger partial charge in [-0.1, -0.05) is 72.3 Å². The number of anilines is 1. The van der Waals surface area contributed by atoms with E-state index in [-0.39, 0.29) is 29.5 Å². The first-order chi connectivity index (χ1) is 22.8. The van der Waals surface area contributed by atoms with Crippen molar-refractivity contribution in [3.8, 4) is 5.75 Å². The third-order valence-electron chi connectivity index (χ3n) is 7.60. The molecule has 0 saturated carbocycles. The fourth-order valence-electron chi connectivity index (χ4n) is 5.23. The molecule has 0 saturated heterocycles. The van der Waals surface area contributed by atoms with E-state index < -0.39 is 34.1 Å². The van der Waals surface area contributed by atoms with E-state index in [0.29, 0.717) is 12.4 Å². The summed E-state index contributed by atoms with van der Waals surface area (Å²) < 4.78 is 35.8. The predicted octanol–water partition coefficient (Wildman–Crippen LogP) is 6.87. The molecule has 4 aromatic carbocycles. The molecule has 0 fully saturated rings. The van der Waals surface area contributed by atoms with Crippen molar-refractivity contribution in [1.29, 1.82) is 0 Å². The number of carbonyl (C=O) groups is 2. The van der Waals surface area contributed by atoms with Gasteiger partial charge >= 0.3 is 0 Å². The minimum atomic E-state index is -4.26. The Balaban J connectivity index is 1.85. The maximum atomic E-state index is 14.7. The number of carbonyl (C=O) groups excluding carboxylic acids is 2. The number of thioether (sulfide) groups is 1. The van der Waals surface area contributed by atoms with Crippen molar-refractivity contribution in [2.24, 2.45) is 0 Å². The van der Waals surface area contributed by atoms with Crippen molar-refractivity contribution in [3.05, 3.63) is 120 Å². The van der Waals surface area contributed by atoms with Gasteiger partial charge in [0.15, 0.2) is 0 Å². The highest BCUT2D eigenvalue weighted by Crippen LogP contribution is 2.33. The third-order valence-corrected chi connectivity index (χ3v) is 10.1. The van der Waals surface area contributed by atoms with Gasteiger partial charge in [-0.25, -0.2) is 8.42 Å². The van der Waals surface area contributed by atoms with Crippen LogP contribution in [0.15, 0.2) is 113 Å². The Morgan fingerprint density at radius 3 is 2.08 bits per heavy atom. The zero-order chi connectivity index (χ0) is 34.9. The topological polar surface area (TPSA) is 96.0 Å². The van der Waals surface area contributed by atoms with Gasteiger partial charge in [-0.3, -0.25) is 13.9 Å². The second-order valence-electron chi connectivity index (χ2n) is 12.5. The number of para-hydroxylation sites is 2. The summed E-state index contributed by atoms with van der Waals surface area (Å²) in [6, 6.07) is 29.7. The first kappa shape index (κ1) is 36.6. The van der Waals surface area contributed by atoms with Gasteiger partial charge < -0.3 is 15.0 Å². The Hall–Kier alpha value is -4.28. The Kier molecular flexibility index (Phi) is 12.3. The Morgan fingerprint density at radius 1 is 0.854 bits per heavy atom. The van der Waals surface area contributed by atoms with Gasteiger partial charge in [0.25, 0.3) is 10.0 Å². The van der Waals surface area contributed by atoms with Crippen molar-refractivity contribution in [2.45, 2.75) is 69.0 Å². The van der Waals surface area contributed by atoms with Gasteiger partial charge in [0, 0.05) is 23.4 Å². The van der Waals surface area contributed by atoms with Gasteiger partial charge in [-0.15, -0.1) is 11.8 Å². The standard InChI is InChI=1S/C38H45N3O5S2/c1-7-46-35-16-12-11-15-33(35)41(48(44,45)32-23-21-31(47-6)22-24-32)27-36(42)40(26-30-19-17-28(2)18-20-30)34(37(43)39-38(3,4)5)25-29-13-9-8-10-14-29/h8-24,34H,7,25-27H2,1-6H3,(H,39,43). The molecule has 0 bridgehead atoms. The Bertz CT molecular complexity index is 1770. The maximum absolute atomic E-state index is 14.7. The predicted molar refractivity (Wildman–Crippen MR) is 194 cm³/mol. The summed E-state index contributed by atoms with van der Waals surface area (Å²) >= 11 is 1.50. The van der Waals surface area contributed by atoms with E-state index in [2.05, 4.69) is 5.32 Å². The molecule has 0 aliphatic rings. The second kappa shape index (κ2) is 16.2. The van der Waals surface area contributed by atoms with Crippen LogP contribution in [0.4, 0.5) is 5.69 Å². The fourth-order valence-corrected chi connectivity index (χ4v) is 7.06. The van der Waals surface area contributed by atoms with Crippen LogP contribution in [0.3, 0.4) is 0 Å². The quantitative estimate of drug-likeness (QED) is 0.146. The highest BCUT2D eigenvalue weighted by Gasteiger charge is 2.36. The molecule has 0 radical (unpaired) electrons. The molecule has 254 valence electrons. The van der Waals surface area contributed by atoms with Gasteiger partial charge in [-0.05, 0) is 88.4 Å². The minimum Gasteiger partial charge on any atom is -0.492 e. The molecule has 48 heavy (non-hydrogen) atoms. The Morgan fingerprint density at radius 2 is 1.48 bits per heavy atom. The molecule has 4 rings (SSSR count). The normalized spacial score (nSPS) is 12.2. The van der Waals surface area contributed by atoms with Crippen molar-refractivity contribution in [3.63, 3.8) is 0 Å². The van der Waals surface area contributed by atoms with Crippen LogP contribution in [-0.4, -0.2) is 56.1 Å². The SMILES string of the molecule is CCOc1ccccc1N(CC(=O)N(Cc1ccc(C)cc1)C(Cc1ccccc1)C(=O)NC(C)(C)C)S(=O)(=O)c1ccc(SC)cc1. The number of nitrogens with zero attached hydrogens (tertiary/aromatic N) is 2. The first-order valence-electron chi connectivity index (χ1n) is 15.9. The lowest BCUT2D eigenvalue weighted by Gasteiger charge is -2.35. The van der Waals surface area contributed by atoms with Crippen LogP contribution in [0, 0.1) is 6.92 Å². The van der Waals surface area contributed by atoms with Gasteiger partial charge in [0.2, 0.25) is 11.8 Å². The van der Waals surface area contributed by atoms with Crippen LogP contribution >= 0.6 is 11.8 Å². The summed E-state index contributed by atoms with van der Waals surface area (Å²) in [5.41, 5.74) is 2.40. The summed E-state index contributed by atoms with van der Waals surface area (Å²) in [6.45, 7) is 9.29. The molecular weight excluding hydrogens is 643 g/mol. The average molecular weight is 688 g/mol. The molecule has 0 spiro atoms. The van der Waals surface area contributed by atoms with Crippen LogP contribution in [0.5, 0.6) is 5.75 Å². The van der Waals surface area contributed by atoms with E-state index in [9.17, 15) is 18.0 Å². The van der Waals surface area contributed by atoms with E-state index in [4.69, 9.17) is 4.74 Å². The number of aryl methyl sites for hydroxylation is 1. The molecule has 4 aromatic rings. The summed E-state index contributed by atoms with van der Waals surface area (Å²) in [4.78, 5) is 31.3. The average Bonchev–Trinajstić information content (AvgIpc) is 3.06. The van der Waals surface area contributed by atoms with Crippen molar-refractivity contribution < 1.29 is 22.7 Å². The van der Waals surface area contributed by atoms with Crippen LogP contribution < -0.4 is 14.4 Å². The molecule has 2 amide bonds. The number of nitrogens with one attached hydrogen (secondary N) is 1. The smallest absolute Gasteiger partial charge is 0.264 e. The monoisotopic (exact) mass is 687 g/mol. The number of ether oxygens (including phenoxy) is 1. The minimum absolute atomic E-state index is 0.0378. The van der Waals surface area contributed by atoms with Crippen molar-refractivity contribution in [1.82, 2.24) is 10.2 Å². The molecular formula is C38H45N3O5S2. The van der Waals surface area contributed by atoms with E-state index in [1.165, 1.54) is 16.7 Å². The number of sulfonamides is 1. The second-order valence-corrected chi connectivity index (χ2v) is 15.3.